The Balaban J connectivity index is 0.00000289. The lowest BCUT2D eigenvalue weighted by molar-refractivity contribution is -0.665. The number of hydrogen-bond acceptors (Lipinski definition) is 8. The minimum absolute atomic E-state index is 0. The molecule has 0 saturated carbocycles. The zero-order valence-corrected chi connectivity index (χ0v) is 24.1. The van der Waals surface area contributed by atoms with Gasteiger partial charge in [-0.05, 0) is 77.6 Å². The number of allylic oxidation sites excluding steroid dienone is 3. The number of aromatic nitrogens is 3. The molecule has 0 spiro atoms. The van der Waals surface area contributed by atoms with Crippen molar-refractivity contribution in [3.63, 3.8) is 0 Å². The second-order valence-electron chi connectivity index (χ2n) is 9.21. The van der Waals surface area contributed by atoms with Gasteiger partial charge in [0.25, 0.3) is 5.01 Å². The lowest BCUT2D eigenvalue weighted by Gasteiger charge is -2.19. The number of thiazole rings is 1. The maximum atomic E-state index is 11.3. The third-order valence-electron chi connectivity index (χ3n) is 6.94. The van der Waals surface area contributed by atoms with Crippen molar-refractivity contribution in [3.05, 3.63) is 98.3 Å². The van der Waals surface area contributed by atoms with E-state index in [0.29, 0.717) is 17.2 Å². The van der Waals surface area contributed by atoms with E-state index in [2.05, 4.69) is 64.3 Å². The Kier molecular flexibility index (Phi) is 6.84. The van der Waals surface area contributed by atoms with Gasteiger partial charge in [-0.3, -0.25) is 10.1 Å². The summed E-state index contributed by atoms with van der Waals surface area (Å²) in [7, 11) is 0. The number of ether oxygens (including phenoxy) is 2. The summed E-state index contributed by atoms with van der Waals surface area (Å²) in [5, 5.41) is 19.9. The van der Waals surface area contributed by atoms with E-state index in [1.54, 1.807) is 11.3 Å². The number of aryl methyl sites for hydroxylation is 1. The van der Waals surface area contributed by atoms with Gasteiger partial charge in [-0.15, -0.1) is 0 Å². The molecule has 0 amide bonds. The molecular weight excluding hydrogens is 643 g/mol. The van der Waals surface area contributed by atoms with Crippen LogP contribution in [0.1, 0.15) is 30.3 Å². The molecule has 5 aromatic rings. The fourth-order valence-electron chi connectivity index (χ4n) is 5.08. The predicted octanol–water partition coefficient (Wildman–Crippen LogP) is 3.99. The molecule has 9 nitrogen and oxygen atoms in total. The zero-order valence-electron chi connectivity index (χ0n) is 21.2. The van der Waals surface area contributed by atoms with E-state index >= 15 is 0 Å². The van der Waals surface area contributed by atoms with Gasteiger partial charge in [0.2, 0.25) is 11.0 Å². The van der Waals surface area contributed by atoms with E-state index in [4.69, 9.17) is 14.1 Å². The van der Waals surface area contributed by atoms with Crippen molar-refractivity contribution in [2.24, 2.45) is 0 Å². The second kappa shape index (κ2) is 10.5. The van der Waals surface area contributed by atoms with Gasteiger partial charge in [-0.2, -0.15) is 4.57 Å². The largest absolute Gasteiger partial charge is 1.00 e. The van der Waals surface area contributed by atoms with Crippen molar-refractivity contribution in [1.82, 2.24) is 10.3 Å². The van der Waals surface area contributed by atoms with E-state index in [9.17, 15) is 10.1 Å². The quantitative estimate of drug-likeness (QED) is 0.117. The van der Waals surface area contributed by atoms with Gasteiger partial charge in [0.1, 0.15) is 28.5 Å². The Bertz CT molecular complexity index is 1910. The van der Waals surface area contributed by atoms with Crippen LogP contribution in [0.25, 0.3) is 33.4 Å². The summed E-state index contributed by atoms with van der Waals surface area (Å²) in [6.07, 6.45) is 8.35. The lowest BCUT2D eigenvalue weighted by atomic mass is 10.1. The summed E-state index contributed by atoms with van der Waals surface area (Å²) in [5.41, 5.74) is 4.58. The number of nitro groups is 1. The molecule has 7 rings (SSSR count). The molecule has 200 valence electrons. The molecule has 0 N–H and O–H groups in total. The van der Waals surface area contributed by atoms with E-state index in [0.717, 1.165) is 36.3 Å². The number of nitro benzene ring substituents is 1. The van der Waals surface area contributed by atoms with Gasteiger partial charge in [-0.1, -0.05) is 23.5 Å². The number of nitrogens with zero attached hydrogens (tertiary/aromatic N) is 4. The molecule has 3 heterocycles. The zero-order chi connectivity index (χ0) is 26.5. The van der Waals surface area contributed by atoms with E-state index in [-0.39, 0.29) is 40.7 Å². The average Bonchev–Trinajstić information content (AvgIpc) is 3.67. The Morgan fingerprint density at radius 3 is 2.80 bits per heavy atom. The summed E-state index contributed by atoms with van der Waals surface area (Å²) in [6, 6.07) is 16.9. The number of hydrogen-bond donors (Lipinski definition) is 0. The Labute approximate surface area is 249 Å². The Morgan fingerprint density at radius 2 is 1.95 bits per heavy atom. The average molecular weight is 664 g/mol. The number of para-hydroxylation sites is 1. The minimum Gasteiger partial charge on any atom is -1.00 e. The first-order valence-electron chi connectivity index (χ1n) is 12.5. The molecule has 2 aliphatic rings. The fourth-order valence-corrected chi connectivity index (χ4v) is 6.20. The summed E-state index contributed by atoms with van der Waals surface area (Å²) in [4.78, 5) is 10.8. The van der Waals surface area contributed by atoms with Crippen molar-refractivity contribution >= 4 is 50.4 Å². The van der Waals surface area contributed by atoms with Crippen LogP contribution in [-0.4, -0.2) is 15.2 Å². The minimum atomic E-state index is -0.531. The Hall–Kier alpha value is -4.10. The second-order valence-corrected chi connectivity index (χ2v) is 10.3. The highest BCUT2D eigenvalue weighted by atomic mass is 127. The molecule has 2 aromatic heterocycles. The fraction of sp³-hybridized carbons (Fsp3) is 0.138. The normalized spacial score (nSPS) is 14.2. The summed E-state index contributed by atoms with van der Waals surface area (Å²) < 4.78 is 20.8. The molecule has 0 fully saturated rings. The maximum Gasteiger partial charge on any atom is 0.301 e. The maximum absolute atomic E-state index is 11.3. The van der Waals surface area contributed by atoms with Crippen LogP contribution in [0.4, 0.5) is 5.69 Å². The molecule has 40 heavy (non-hydrogen) atoms. The topological polar surface area (TPSA) is 104 Å². The number of non-ortho nitro benzene ring substituents is 1. The molecular formula is C29H21IN4O5S. The number of fused-ring (bicyclic) bond motifs is 4. The predicted molar refractivity (Wildman–Crippen MR) is 147 cm³/mol. The van der Waals surface area contributed by atoms with Crippen LogP contribution in [-0.2, 0) is 6.54 Å². The molecule has 0 unspecified atom stereocenters. The number of benzene rings is 3. The highest BCUT2D eigenvalue weighted by molar-refractivity contribution is 7.18. The van der Waals surface area contributed by atoms with Crippen LogP contribution in [0.2, 0.25) is 0 Å². The molecule has 1 aliphatic carbocycles. The monoisotopic (exact) mass is 664 g/mol. The smallest absolute Gasteiger partial charge is 0.301 e. The van der Waals surface area contributed by atoms with Crippen LogP contribution in [0.3, 0.4) is 0 Å². The molecule has 0 atom stereocenters. The van der Waals surface area contributed by atoms with Gasteiger partial charge >= 0.3 is 5.69 Å². The molecule has 0 radical (unpaired) electrons. The van der Waals surface area contributed by atoms with E-state index < -0.39 is 4.92 Å². The molecule has 3 aromatic carbocycles. The van der Waals surface area contributed by atoms with E-state index in [1.807, 2.05) is 18.2 Å². The third kappa shape index (κ3) is 4.44. The van der Waals surface area contributed by atoms with Crippen molar-refractivity contribution < 1.29 is 47.6 Å². The summed E-state index contributed by atoms with van der Waals surface area (Å²) in [5.74, 6) is 2.38. The van der Waals surface area contributed by atoms with Gasteiger partial charge < -0.3 is 33.5 Å². The highest BCUT2D eigenvalue weighted by Gasteiger charge is 2.27. The van der Waals surface area contributed by atoms with Crippen LogP contribution in [0.15, 0.2) is 82.2 Å². The standard InChI is InChI=1S/C29H21N4O5S.HI/c1-2-32-21-5-3-4-6-25(21)39-26(32)14-10-17-7-8-19-15-18-9-11-20(16-24(18)37-29(17)19)36-23-13-12-22(33(34)35)27-28(23)31-38-30-27;/h3-6,9-16H,2,7-8H2,1H3;1H/q+1;/p-1/b14-10+;. The number of rotatable bonds is 6. The third-order valence-corrected chi connectivity index (χ3v) is 8.07. The molecule has 0 saturated heterocycles. The van der Waals surface area contributed by atoms with Crippen LogP contribution < -0.4 is 38.0 Å². The molecule has 0 bridgehead atoms. The van der Waals surface area contributed by atoms with Crippen LogP contribution >= 0.6 is 11.3 Å². The van der Waals surface area contributed by atoms with Gasteiger partial charge in [0, 0.05) is 29.8 Å². The molecule has 11 heteroatoms. The van der Waals surface area contributed by atoms with Crippen LogP contribution in [0, 0.1) is 10.1 Å². The lowest BCUT2D eigenvalue weighted by Crippen LogP contribution is -3.00. The van der Waals surface area contributed by atoms with Crippen molar-refractivity contribution in [3.8, 4) is 17.2 Å². The summed E-state index contributed by atoms with van der Waals surface area (Å²) >= 11 is 1.78. The first-order chi connectivity index (χ1) is 19.1. The van der Waals surface area contributed by atoms with Crippen LogP contribution in [0.5, 0.6) is 17.2 Å². The summed E-state index contributed by atoms with van der Waals surface area (Å²) in [6.45, 7) is 3.06. The first kappa shape index (κ1) is 26.1. The van der Waals surface area contributed by atoms with Gasteiger partial charge in [0.05, 0.1) is 4.92 Å². The molecule has 1 aliphatic heterocycles. The van der Waals surface area contributed by atoms with E-state index in [1.165, 1.54) is 32.9 Å². The SMILES string of the molecule is CC[n+]1c(/C=C/C2=C3Oc4cc(Oc5ccc([N+](=O)[O-])c6nonc56)ccc4C=C3CC2)sc2ccccc21.[I-]. The van der Waals surface area contributed by atoms with Crippen molar-refractivity contribution in [2.45, 2.75) is 26.3 Å². The number of halogens is 1. The van der Waals surface area contributed by atoms with Crippen molar-refractivity contribution in [1.29, 1.82) is 0 Å². The van der Waals surface area contributed by atoms with Gasteiger partial charge in [0.15, 0.2) is 11.3 Å². The first-order valence-corrected chi connectivity index (χ1v) is 13.3. The highest BCUT2D eigenvalue weighted by Crippen LogP contribution is 2.43. The van der Waals surface area contributed by atoms with Gasteiger partial charge in [-0.25, -0.2) is 4.63 Å². The van der Waals surface area contributed by atoms with Crippen molar-refractivity contribution in [2.75, 3.05) is 0 Å². The Morgan fingerprint density at radius 1 is 1.10 bits per heavy atom.